The fourth-order valence-corrected chi connectivity index (χ4v) is 4.34. The van der Waals surface area contributed by atoms with E-state index < -0.39 is 0 Å². The van der Waals surface area contributed by atoms with Crippen LogP contribution in [0.25, 0.3) is 10.9 Å². The molecule has 2 atom stereocenters. The summed E-state index contributed by atoms with van der Waals surface area (Å²) in [6, 6.07) is 3.83. The van der Waals surface area contributed by atoms with Crippen LogP contribution in [0.4, 0.5) is 10.9 Å². The normalized spacial score (nSPS) is 17.4. The van der Waals surface area contributed by atoms with E-state index in [4.69, 9.17) is 19.9 Å². The maximum atomic E-state index is 6.14. The Morgan fingerprint density at radius 1 is 1.24 bits per heavy atom. The monoisotopic (exact) mass is 415 g/mol. The maximum Gasteiger partial charge on any atom is 0.180 e. The number of hydrogen-bond acceptors (Lipinski definition) is 9. The number of aryl methyl sites for hydroxylation is 2. The third-order valence-electron chi connectivity index (χ3n) is 4.87. The van der Waals surface area contributed by atoms with Crippen molar-refractivity contribution in [2.45, 2.75) is 39.3 Å². The SMILES string of the molecule is COc1cc2nc(C)nc(N[C@@H](C)c3sc(N)nc3C)c2cc1O[C@H]1CCOC1. The van der Waals surface area contributed by atoms with Crippen LogP contribution in [0.5, 0.6) is 11.5 Å². The molecule has 0 bridgehead atoms. The van der Waals surface area contributed by atoms with Crippen molar-refractivity contribution in [3.8, 4) is 11.5 Å². The topological polar surface area (TPSA) is 104 Å². The summed E-state index contributed by atoms with van der Waals surface area (Å²) in [4.78, 5) is 14.6. The zero-order valence-corrected chi connectivity index (χ0v) is 17.8. The second-order valence-corrected chi connectivity index (χ2v) is 8.17. The number of hydrogen-bond donors (Lipinski definition) is 2. The molecule has 0 aliphatic carbocycles. The number of nitrogens with zero attached hydrogens (tertiary/aromatic N) is 3. The van der Waals surface area contributed by atoms with E-state index in [0.29, 0.717) is 35.7 Å². The Hall–Kier alpha value is -2.65. The van der Waals surface area contributed by atoms with Gasteiger partial charge in [0.05, 0.1) is 42.5 Å². The Morgan fingerprint density at radius 2 is 2.07 bits per heavy atom. The number of rotatable bonds is 6. The van der Waals surface area contributed by atoms with Gasteiger partial charge in [-0.2, -0.15) is 0 Å². The quantitative estimate of drug-likeness (QED) is 0.629. The van der Waals surface area contributed by atoms with Crippen LogP contribution in [0.3, 0.4) is 0 Å². The molecule has 0 unspecified atom stereocenters. The number of ether oxygens (including phenoxy) is 3. The van der Waals surface area contributed by atoms with Crippen LogP contribution in [-0.2, 0) is 4.74 Å². The first-order chi connectivity index (χ1) is 13.9. The van der Waals surface area contributed by atoms with E-state index in [1.807, 2.05) is 26.0 Å². The molecule has 2 aromatic heterocycles. The first kappa shape index (κ1) is 19.7. The molecule has 154 valence electrons. The van der Waals surface area contributed by atoms with Crippen molar-refractivity contribution in [2.75, 3.05) is 31.4 Å². The van der Waals surface area contributed by atoms with Crippen molar-refractivity contribution in [1.29, 1.82) is 0 Å². The Labute approximate surface area is 173 Å². The molecule has 1 saturated heterocycles. The van der Waals surface area contributed by atoms with Gasteiger partial charge in [0.1, 0.15) is 17.7 Å². The van der Waals surface area contributed by atoms with Crippen LogP contribution in [0.15, 0.2) is 12.1 Å². The minimum Gasteiger partial charge on any atom is -0.493 e. The van der Waals surface area contributed by atoms with Crippen molar-refractivity contribution in [3.05, 3.63) is 28.5 Å². The maximum absolute atomic E-state index is 6.14. The van der Waals surface area contributed by atoms with Crippen LogP contribution in [-0.4, -0.2) is 41.4 Å². The molecule has 3 N–H and O–H groups in total. The zero-order chi connectivity index (χ0) is 20.5. The second-order valence-electron chi connectivity index (χ2n) is 7.11. The van der Waals surface area contributed by atoms with Gasteiger partial charge in [0.15, 0.2) is 16.6 Å². The molecule has 1 fully saturated rings. The Morgan fingerprint density at radius 3 is 2.72 bits per heavy atom. The van der Waals surface area contributed by atoms with Gasteiger partial charge >= 0.3 is 0 Å². The average Bonchev–Trinajstić information content (AvgIpc) is 3.30. The second kappa shape index (κ2) is 8.00. The summed E-state index contributed by atoms with van der Waals surface area (Å²) in [5.74, 6) is 2.72. The summed E-state index contributed by atoms with van der Waals surface area (Å²) in [5, 5.41) is 4.93. The zero-order valence-electron chi connectivity index (χ0n) is 17.0. The summed E-state index contributed by atoms with van der Waals surface area (Å²) in [6.45, 7) is 7.20. The van der Waals surface area contributed by atoms with Crippen molar-refractivity contribution in [3.63, 3.8) is 0 Å². The smallest absolute Gasteiger partial charge is 0.180 e. The summed E-state index contributed by atoms with van der Waals surface area (Å²) in [6.07, 6.45) is 0.880. The molecular weight excluding hydrogens is 390 g/mol. The molecule has 3 heterocycles. The molecular formula is C20H25N5O3S. The third-order valence-corrected chi connectivity index (χ3v) is 6.04. The lowest BCUT2D eigenvalue weighted by Crippen LogP contribution is -2.16. The van der Waals surface area contributed by atoms with E-state index in [-0.39, 0.29) is 12.1 Å². The molecule has 4 rings (SSSR count). The van der Waals surface area contributed by atoms with Gasteiger partial charge in [0.25, 0.3) is 0 Å². The first-order valence-electron chi connectivity index (χ1n) is 9.54. The van der Waals surface area contributed by atoms with Crippen molar-refractivity contribution in [1.82, 2.24) is 15.0 Å². The van der Waals surface area contributed by atoms with Gasteiger partial charge in [-0.3, -0.25) is 0 Å². The predicted molar refractivity (Wildman–Crippen MR) is 114 cm³/mol. The molecule has 0 amide bonds. The highest BCUT2D eigenvalue weighted by Crippen LogP contribution is 2.37. The van der Waals surface area contributed by atoms with Crippen LogP contribution < -0.4 is 20.5 Å². The lowest BCUT2D eigenvalue weighted by Gasteiger charge is -2.19. The van der Waals surface area contributed by atoms with E-state index in [1.165, 1.54) is 11.3 Å². The summed E-state index contributed by atoms with van der Waals surface area (Å²) in [7, 11) is 1.63. The number of anilines is 2. The van der Waals surface area contributed by atoms with Crippen LogP contribution in [0, 0.1) is 13.8 Å². The van der Waals surface area contributed by atoms with Crippen molar-refractivity contribution in [2.24, 2.45) is 0 Å². The van der Waals surface area contributed by atoms with Gasteiger partial charge in [-0.25, -0.2) is 15.0 Å². The highest BCUT2D eigenvalue weighted by Gasteiger charge is 2.21. The van der Waals surface area contributed by atoms with E-state index in [2.05, 4.69) is 27.2 Å². The number of nitrogens with one attached hydrogen (secondary N) is 1. The lowest BCUT2D eigenvalue weighted by molar-refractivity contribution is 0.139. The molecule has 9 heteroatoms. The number of fused-ring (bicyclic) bond motifs is 1. The number of nitrogens with two attached hydrogens (primary N) is 1. The van der Waals surface area contributed by atoms with Crippen LogP contribution in [0.1, 0.15) is 35.8 Å². The Kier molecular flexibility index (Phi) is 5.42. The van der Waals surface area contributed by atoms with Crippen LogP contribution >= 0.6 is 11.3 Å². The third kappa shape index (κ3) is 4.06. The van der Waals surface area contributed by atoms with Gasteiger partial charge < -0.3 is 25.3 Å². The molecule has 8 nitrogen and oxygen atoms in total. The summed E-state index contributed by atoms with van der Waals surface area (Å²) >= 11 is 1.48. The standard InChI is InChI=1S/C20H25N5O3S/c1-10(18-11(2)23-20(21)29-18)22-19-14-7-17(28-13-5-6-27-9-13)16(26-4)8-15(14)24-12(3)25-19/h7-8,10,13H,5-6,9H2,1-4H3,(H2,21,23)(H,22,24,25)/t10-,13-/m0/s1. The number of aromatic nitrogens is 3. The molecule has 1 aliphatic rings. The Balaban J connectivity index is 1.73. The highest BCUT2D eigenvalue weighted by molar-refractivity contribution is 7.15. The lowest BCUT2D eigenvalue weighted by atomic mass is 10.1. The van der Waals surface area contributed by atoms with Gasteiger partial charge in [-0.1, -0.05) is 11.3 Å². The summed E-state index contributed by atoms with van der Waals surface area (Å²) in [5.41, 5.74) is 7.58. The fourth-order valence-electron chi connectivity index (χ4n) is 3.50. The van der Waals surface area contributed by atoms with E-state index in [1.54, 1.807) is 7.11 Å². The number of methoxy groups -OCH3 is 1. The molecule has 1 aromatic carbocycles. The Bertz CT molecular complexity index is 1030. The van der Waals surface area contributed by atoms with Crippen molar-refractivity contribution >= 4 is 33.2 Å². The van der Waals surface area contributed by atoms with Crippen LogP contribution in [0.2, 0.25) is 0 Å². The van der Waals surface area contributed by atoms with Crippen molar-refractivity contribution < 1.29 is 14.2 Å². The minimum absolute atomic E-state index is 0.00278. The molecule has 0 spiro atoms. The van der Waals surface area contributed by atoms with Gasteiger partial charge in [-0.05, 0) is 26.8 Å². The van der Waals surface area contributed by atoms with Gasteiger partial charge in [0, 0.05) is 17.9 Å². The van der Waals surface area contributed by atoms with Gasteiger partial charge in [0.2, 0.25) is 0 Å². The van der Waals surface area contributed by atoms with E-state index >= 15 is 0 Å². The van der Waals surface area contributed by atoms with E-state index in [0.717, 1.165) is 33.7 Å². The number of thiazole rings is 1. The average molecular weight is 416 g/mol. The molecule has 3 aromatic rings. The first-order valence-corrected chi connectivity index (χ1v) is 10.4. The fraction of sp³-hybridized carbons (Fsp3) is 0.450. The summed E-state index contributed by atoms with van der Waals surface area (Å²) < 4.78 is 17.1. The van der Waals surface area contributed by atoms with E-state index in [9.17, 15) is 0 Å². The highest BCUT2D eigenvalue weighted by atomic mass is 32.1. The molecule has 29 heavy (non-hydrogen) atoms. The predicted octanol–water partition coefficient (Wildman–Crippen LogP) is 3.63. The largest absolute Gasteiger partial charge is 0.493 e. The number of nitrogen functional groups attached to an aromatic ring is 1. The minimum atomic E-state index is -0.00278. The van der Waals surface area contributed by atoms with Gasteiger partial charge in [-0.15, -0.1) is 0 Å². The number of benzene rings is 1. The molecule has 1 aliphatic heterocycles. The molecule has 0 saturated carbocycles. The molecule has 0 radical (unpaired) electrons.